The van der Waals surface area contributed by atoms with Crippen molar-refractivity contribution in [3.63, 3.8) is 0 Å². The minimum atomic E-state index is -0.713. The molecule has 0 aliphatic heterocycles. The molecule has 4 heteroatoms. The lowest BCUT2D eigenvalue weighted by molar-refractivity contribution is 0.0175. The molecule has 1 aliphatic carbocycles. The summed E-state index contributed by atoms with van der Waals surface area (Å²) < 4.78 is 0. The van der Waals surface area contributed by atoms with E-state index in [1.165, 1.54) is 24.1 Å². The molecular weight excluding hydrogens is 250 g/mol. The van der Waals surface area contributed by atoms with Crippen LogP contribution in [0, 0.1) is 12.8 Å². The number of hydrogen-bond donors (Lipinski definition) is 2. The summed E-state index contributed by atoms with van der Waals surface area (Å²) in [5.41, 5.74) is 1.73. The third-order valence-corrected chi connectivity index (χ3v) is 4.58. The fourth-order valence-corrected chi connectivity index (χ4v) is 2.74. The predicted molar refractivity (Wildman–Crippen MR) is 82.0 cm³/mol. The molecule has 0 saturated carbocycles. The molecule has 0 spiro atoms. The van der Waals surface area contributed by atoms with Gasteiger partial charge < -0.3 is 10.4 Å². The number of nitrogens with zero attached hydrogens (tertiary/aromatic N) is 2. The van der Waals surface area contributed by atoms with Gasteiger partial charge in [-0.3, -0.25) is 0 Å². The van der Waals surface area contributed by atoms with E-state index in [0.717, 1.165) is 30.9 Å². The molecule has 0 fully saturated rings. The fraction of sp³-hybridized carbons (Fsp3) is 0.750. The maximum atomic E-state index is 10.5. The van der Waals surface area contributed by atoms with Crippen molar-refractivity contribution < 1.29 is 5.11 Å². The van der Waals surface area contributed by atoms with E-state index in [-0.39, 0.29) is 5.92 Å². The topological polar surface area (TPSA) is 58.0 Å². The second kappa shape index (κ2) is 6.08. The zero-order chi connectivity index (χ0) is 14.8. The Hall–Kier alpha value is -1.16. The van der Waals surface area contributed by atoms with Gasteiger partial charge >= 0.3 is 0 Å². The molecule has 2 unspecified atom stereocenters. The lowest BCUT2D eigenvalue weighted by Gasteiger charge is -2.30. The highest BCUT2D eigenvalue weighted by molar-refractivity contribution is 5.48. The van der Waals surface area contributed by atoms with Crippen LogP contribution in [0.5, 0.6) is 0 Å². The van der Waals surface area contributed by atoms with Crippen molar-refractivity contribution >= 4 is 5.82 Å². The predicted octanol–water partition coefficient (Wildman–Crippen LogP) is 2.87. The standard InChI is InChI=1S/C16H27N3O/c1-5-11(2)16(4,20)10-17-15-13-8-6-7-9-14(13)18-12(3)19-15/h11,20H,5-10H2,1-4H3,(H,17,18,19). The maximum Gasteiger partial charge on any atom is 0.133 e. The molecular formula is C16H27N3O. The molecule has 1 heterocycles. The molecule has 20 heavy (non-hydrogen) atoms. The Labute approximate surface area is 122 Å². The van der Waals surface area contributed by atoms with Crippen molar-refractivity contribution in [1.82, 2.24) is 9.97 Å². The summed E-state index contributed by atoms with van der Waals surface area (Å²) in [6, 6.07) is 0. The summed E-state index contributed by atoms with van der Waals surface area (Å²) in [4.78, 5) is 9.10. The molecule has 0 saturated heterocycles. The number of anilines is 1. The molecule has 1 aromatic rings. The van der Waals surface area contributed by atoms with Gasteiger partial charge in [0.05, 0.1) is 5.60 Å². The van der Waals surface area contributed by atoms with Crippen molar-refractivity contribution in [3.8, 4) is 0 Å². The van der Waals surface area contributed by atoms with Crippen molar-refractivity contribution in [2.75, 3.05) is 11.9 Å². The Bertz CT molecular complexity index is 471. The van der Waals surface area contributed by atoms with E-state index in [2.05, 4.69) is 29.1 Å². The van der Waals surface area contributed by atoms with Crippen LogP contribution < -0.4 is 5.32 Å². The summed E-state index contributed by atoms with van der Waals surface area (Å²) in [5.74, 6) is 2.00. The zero-order valence-corrected chi connectivity index (χ0v) is 13.2. The fourth-order valence-electron chi connectivity index (χ4n) is 2.74. The largest absolute Gasteiger partial charge is 0.388 e. The summed E-state index contributed by atoms with van der Waals surface area (Å²) in [6.45, 7) is 8.56. The van der Waals surface area contributed by atoms with Gasteiger partial charge in [-0.2, -0.15) is 0 Å². The minimum Gasteiger partial charge on any atom is -0.388 e. The Morgan fingerprint density at radius 3 is 2.70 bits per heavy atom. The van der Waals surface area contributed by atoms with Gasteiger partial charge in [-0.05, 0) is 45.4 Å². The second-order valence-corrected chi connectivity index (χ2v) is 6.27. The number of aliphatic hydroxyl groups is 1. The first kappa shape index (κ1) is 15.2. The van der Waals surface area contributed by atoms with Crippen molar-refractivity contribution in [2.24, 2.45) is 5.92 Å². The highest BCUT2D eigenvalue weighted by Gasteiger charge is 2.27. The molecule has 0 bridgehead atoms. The highest BCUT2D eigenvalue weighted by atomic mass is 16.3. The van der Waals surface area contributed by atoms with Gasteiger partial charge in [0.25, 0.3) is 0 Å². The minimum absolute atomic E-state index is 0.258. The third-order valence-electron chi connectivity index (χ3n) is 4.58. The van der Waals surface area contributed by atoms with Gasteiger partial charge in [-0.25, -0.2) is 9.97 Å². The number of aromatic nitrogens is 2. The summed E-state index contributed by atoms with van der Waals surface area (Å²) in [7, 11) is 0. The van der Waals surface area contributed by atoms with E-state index in [1.54, 1.807) is 0 Å². The highest BCUT2D eigenvalue weighted by Crippen LogP contribution is 2.27. The van der Waals surface area contributed by atoms with Crippen LogP contribution >= 0.6 is 0 Å². The monoisotopic (exact) mass is 277 g/mol. The Morgan fingerprint density at radius 1 is 1.30 bits per heavy atom. The summed E-state index contributed by atoms with van der Waals surface area (Å²) in [6.07, 6.45) is 5.48. The van der Waals surface area contributed by atoms with Crippen LogP contribution in [0.1, 0.15) is 57.1 Å². The smallest absolute Gasteiger partial charge is 0.133 e. The number of nitrogens with one attached hydrogen (secondary N) is 1. The Balaban J connectivity index is 2.15. The van der Waals surface area contributed by atoms with Gasteiger partial charge in [0, 0.05) is 17.8 Å². The number of aryl methyl sites for hydroxylation is 2. The quantitative estimate of drug-likeness (QED) is 0.869. The van der Waals surface area contributed by atoms with Crippen LogP contribution in [0.3, 0.4) is 0 Å². The van der Waals surface area contributed by atoms with Crippen molar-refractivity contribution in [1.29, 1.82) is 0 Å². The van der Waals surface area contributed by atoms with E-state index in [9.17, 15) is 5.11 Å². The van der Waals surface area contributed by atoms with Gasteiger partial charge in [0.1, 0.15) is 11.6 Å². The molecule has 0 aromatic carbocycles. The lowest BCUT2D eigenvalue weighted by atomic mass is 9.88. The molecule has 1 aromatic heterocycles. The van der Waals surface area contributed by atoms with E-state index in [0.29, 0.717) is 6.54 Å². The van der Waals surface area contributed by atoms with E-state index >= 15 is 0 Å². The summed E-state index contributed by atoms with van der Waals surface area (Å²) in [5, 5.41) is 13.9. The first-order valence-electron chi connectivity index (χ1n) is 7.76. The molecule has 112 valence electrons. The maximum absolute atomic E-state index is 10.5. The number of rotatable bonds is 5. The van der Waals surface area contributed by atoms with Gasteiger partial charge in [-0.1, -0.05) is 20.3 Å². The van der Waals surface area contributed by atoms with Crippen LogP contribution in [0.25, 0.3) is 0 Å². The lowest BCUT2D eigenvalue weighted by Crippen LogP contribution is -2.40. The van der Waals surface area contributed by atoms with Crippen LogP contribution in [0.15, 0.2) is 0 Å². The van der Waals surface area contributed by atoms with Gasteiger partial charge in [0.15, 0.2) is 0 Å². The molecule has 2 rings (SSSR count). The van der Waals surface area contributed by atoms with Crippen LogP contribution in [-0.2, 0) is 12.8 Å². The summed E-state index contributed by atoms with van der Waals surface area (Å²) >= 11 is 0. The van der Waals surface area contributed by atoms with Crippen molar-refractivity contribution in [2.45, 2.75) is 65.4 Å². The molecule has 0 radical (unpaired) electrons. The number of fused-ring (bicyclic) bond motifs is 1. The van der Waals surface area contributed by atoms with Crippen LogP contribution in [0.2, 0.25) is 0 Å². The molecule has 2 N–H and O–H groups in total. The molecule has 4 nitrogen and oxygen atoms in total. The van der Waals surface area contributed by atoms with Crippen LogP contribution in [-0.4, -0.2) is 27.2 Å². The second-order valence-electron chi connectivity index (χ2n) is 6.27. The van der Waals surface area contributed by atoms with E-state index in [4.69, 9.17) is 0 Å². The van der Waals surface area contributed by atoms with Gasteiger partial charge in [-0.15, -0.1) is 0 Å². The average molecular weight is 277 g/mol. The van der Waals surface area contributed by atoms with E-state index < -0.39 is 5.60 Å². The first-order chi connectivity index (χ1) is 9.44. The normalized spacial score (nSPS) is 19.1. The molecule has 1 aliphatic rings. The third kappa shape index (κ3) is 3.29. The number of hydrogen-bond acceptors (Lipinski definition) is 4. The zero-order valence-electron chi connectivity index (χ0n) is 13.2. The van der Waals surface area contributed by atoms with Crippen molar-refractivity contribution in [3.05, 3.63) is 17.1 Å². The Morgan fingerprint density at radius 2 is 2.00 bits per heavy atom. The Kier molecular flexibility index (Phi) is 4.63. The first-order valence-corrected chi connectivity index (χ1v) is 7.76. The molecule has 2 atom stereocenters. The van der Waals surface area contributed by atoms with Gasteiger partial charge in [0.2, 0.25) is 0 Å². The van der Waals surface area contributed by atoms with E-state index in [1.807, 2.05) is 13.8 Å². The van der Waals surface area contributed by atoms with Crippen LogP contribution in [0.4, 0.5) is 5.82 Å². The molecule has 0 amide bonds. The SMILES string of the molecule is CCC(C)C(C)(O)CNc1nc(C)nc2c1CCCC2. The average Bonchev–Trinajstić information content (AvgIpc) is 2.43.